The third kappa shape index (κ3) is 3.85. The summed E-state index contributed by atoms with van der Waals surface area (Å²) in [6.07, 6.45) is 9.57. The average Bonchev–Trinajstić information content (AvgIpc) is 2.65. The van der Waals surface area contributed by atoms with Crippen LogP contribution >= 0.6 is 0 Å². The van der Waals surface area contributed by atoms with Gasteiger partial charge in [-0.25, -0.2) is 0 Å². The molecule has 0 amide bonds. The van der Waals surface area contributed by atoms with E-state index < -0.39 is 0 Å². The third-order valence-electron chi connectivity index (χ3n) is 3.94. The highest BCUT2D eigenvalue weighted by atomic mass is 14.9. The molecule has 0 aromatic heterocycles. The molecule has 0 unspecified atom stereocenters. The molecule has 1 aromatic rings. The predicted octanol–water partition coefficient (Wildman–Crippen LogP) is 4.06. The predicted molar refractivity (Wildman–Crippen MR) is 74.1 cm³/mol. The van der Waals surface area contributed by atoms with Crippen LogP contribution in [0.1, 0.15) is 56.6 Å². The Bertz CT molecular complexity index is 324. The Morgan fingerprint density at radius 2 is 1.65 bits per heavy atom. The minimum atomic E-state index is 0.752. The van der Waals surface area contributed by atoms with E-state index >= 15 is 0 Å². The van der Waals surface area contributed by atoms with E-state index in [-0.39, 0.29) is 0 Å². The molecule has 0 saturated heterocycles. The van der Waals surface area contributed by atoms with Crippen molar-refractivity contribution in [2.24, 2.45) is 0 Å². The second-order valence-corrected chi connectivity index (χ2v) is 5.19. The molecule has 2 rings (SSSR count). The smallest absolute Gasteiger partial charge is 0.0210 e. The van der Waals surface area contributed by atoms with Crippen molar-refractivity contribution in [3.8, 4) is 0 Å². The molecule has 1 aliphatic rings. The van der Waals surface area contributed by atoms with Crippen LogP contribution < -0.4 is 5.32 Å². The number of benzene rings is 1. The van der Waals surface area contributed by atoms with E-state index in [0.717, 1.165) is 19.0 Å². The van der Waals surface area contributed by atoms with Gasteiger partial charge in [0.25, 0.3) is 0 Å². The van der Waals surface area contributed by atoms with Crippen LogP contribution in [-0.2, 0) is 13.0 Å². The molecule has 0 bridgehead atoms. The van der Waals surface area contributed by atoms with E-state index in [1.54, 1.807) is 0 Å². The molecular weight excluding hydrogens is 206 g/mol. The topological polar surface area (TPSA) is 12.0 Å². The molecule has 0 atom stereocenters. The number of hydrogen-bond donors (Lipinski definition) is 1. The van der Waals surface area contributed by atoms with Gasteiger partial charge in [-0.3, -0.25) is 0 Å². The van der Waals surface area contributed by atoms with Crippen molar-refractivity contribution < 1.29 is 0 Å². The van der Waals surface area contributed by atoms with Gasteiger partial charge < -0.3 is 5.32 Å². The van der Waals surface area contributed by atoms with Crippen molar-refractivity contribution in [3.63, 3.8) is 0 Å². The SMILES string of the molecule is CCc1ccccc1CNC1CCCCCC1. The summed E-state index contributed by atoms with van der Waals surface area (Å²) in [5.41, 5.74) is 2.98. The number of hydrogen-bond acceptors (Lipinski definition) is 1. The third-order valence-corrected chi connectivity index (χ3v) is 3.94. The molecule has 1 nitrogen and oxygen atoms in total. The van der Waals surface area contributed by atoms with Crippen LogP contribution in [0.2, 0.25) is 0 Å². The van der Waals surface area contributed by atoms with Gasteiger partial charge >= 0.3 is 0 Å². The zero-order valence-electron chi connectivity index (χ0n) is 11.0. The zero-order chi connectivity index (χ0) is 11.9. The van der Waals surface area contributed by atoms with E-state index in [0.29, 0.717) is 0 Å². The molecule has 1 N–H and O–H groups in total. The van der Waals surface area contributed by atoms with Crippen molar-refractivity contribution in [3.05, 3.63) is 35.4 Å². The fourth-order valence-electron chi connectivity index (χ4n) is 2.81. The fourth-order valence-corrected chi connectivity index (χ4v) is 2.81. The second kappa shape index (κ2) is 6.80. The van der Waals surface area contributed by atoms with Gasteiger partial charge in [0, 0.05) is 12.6 Å². The molecule has 17 heavy (non-hydrogen) atoms. The lowest BCUT2D eigenvalue weighted by atomic mass is 10.0. The van der Waals surface area contributed by atoms with Gasteiger partial charge in [0.2, 0.25) is 0 Å². The van der Waals surface area contributed by atoms with Gasteiger partial charge in [0.1, 0.15) is 0 Å². The molecule has 0 heterocycles. The number of nitrogens with one attached hydrogen (secondary N) is 1. The van der Waals surface area contributed by atoms with Gasteiger partial charge in [-0.1, -0.05) is 56.9 Å². The summed E-state index contributed by atoms with van der Waals surface area (Å²) in [7, 11) is 0. The molecular formula is C16H25N. The highest BCUT2D eigenvalue weighted by molar-refractivity contribution is 5.26. The Morgan fingerprint density at radius 3 is 2.29 bits per heavy atom. The summed E-state index contributed by atoms with van der Waals surface area (Å²) in [6, 6.07) is 9.58. The molecule has 0 spiro atoms. The van der Waals surface area contributed by atoms with Crippen molar-refractivity contribution >= 4 is 0 Å². The zero-order valence-corrected chi connectivity index (χ0v) is 11.0. The Kier molecular flexibility index (Phi) is 5.06. The summed E-state index contributed by atoms with van der Waals surface area (Å²) in [5, 5.41) is 3.75. The highest BCUT2D eigenvalue weighted by Gasteiger charge is 2.11. The van der Waals surface area contributed by atoms with Crippen LogP contribution in [-0.4, -0.2) is 6.04 Å². The first-order valence-electron chi connectivity index (χ1n) is 7.20. The molecule has 0 radical (unpaired) electrons. The normalized spacial score (nSPS) is 17.9. The van der Waals surface area contributed by atoms with Gasteiger partial charge in [0.15, 0.2) is 0 Å². The van der Waals surface area contributed by atoms with Crippen molar-refractivity contribution in [1.29, 1.82) is 0 Å². The molecule has 1 heteroatoms. The summed E-state index contributed by atoms with van der Waals surface area (Å²) in [6.45, 7) is 3.29. The molecule has 94 valence electrons. The maximum absolute atomic E-state index is 3.75. The lowest BCUT2D eigenvalue weighted by Gasteiger charge is -2.17. The monoisotopic (exact) mass is 231 g/mol. The quantitative estimate of drug-likeness (QED) is 0.770. The Morgan fingerprint density at radius 1 is 1.00 bits per heavy atom. The van der Waals surface area contributed by atoms with Gasteiger partial charge in [0.05, 0.1) is 0 Å². The van der Waals surface area contributed by atoms with E-state index in [1.165, 1.54) is 49.7 Å². The molecule has 1 fully saturated rings. The van der Waals surface area contributed by atoms with E-state index in [1.807, 2.05) is 0 Å². The lowest BCUT2D eigenvalue weighted by molar-refractivity contribution is 0.458. The first-order valence-corrected chi connectivity index (χ1v) is 7.20. The Hall–Kier alpha value is -0.820. The summed E-state index contributed by atoms with van der Waals surface area (Å²) in [4.78, 5) is 0. The summed E-state index contributed by atoms with van der Waals surface area (Å²) >= 11 is 0. The minimum absolute atomic E-state index is 0.752. The first-order chi connectivity index (χ1) is 8.40. The van der Waals surface area contributed by atoms with E-state index in [2.05, 4.69) is 36.5 Å². The minimum Gasteiger partial charge on any atom is -0.310 e. The summed E-state index contributed by atoms with van der Waals surface area (Å²) in [5.74, 6) is 0. The molecule has 1 saturated carbocycles. The molecule has 1 aromatic carbocycles. The van der Waals surface area contributed by atoms with E-state index in [4.69, 9.17) is 0 Å². The second-order valence-electron chi connectivity index (χ2n) is 5.19. The standard InChI is InChI=1S/C16H25N/c1-2-14-9-7-8-10-15(14)13-17-16-11-5-3-4-6-12-16/h7-10,16-17H,2-6,11-13H2,1H3. The number of rotatable bonds is 4. The van der Waals surface area contributed by atoms with Gasteiger partial charge in [-0.05, 0) is 30.4 Å². The van der Waals surface area contributed by atoms with Gasteiger partial charge in [-0.15, -0.1) is 0 Å². The highest BCUT2D eigenvalue weighted by Crippen LogP contribution is 2.18. The van der Waals surface area contributed by atoms with Crippen molar-refractivity contribution in [2.45, 2.75) is 64.5 Å². The maximum atomic E-state index is 3.75. The maximum Gasteiger partial charge on any atom is 0.0210 e. The largest absolute Gasteiger partial charge is 0.310 e. The summed E-state index contributed by atoms with van der Waals surface area (Å²) < 4.78 is 0. The lowest BCUT2D eigenvalue weighted by Crippen LogP contribution is -2.28. The van der Waals surface area contributed by atoms with Crippen LogP contribution in [0.5, 0.6) is 0 Å². The van der Waals surface area contributed by atoms with Crippen molar-refractivity contribution in [2.75, 3.05) is 0 Å². The van der Waals surface area contributed by atoms with Gasteiger partial charge in [-0.2, -0.15) is 0 Å². The van der Waals surface area contributed by atoms with Crippen LogP contribution in [0, 0.1) is 0 Å². The molecule has 0 aliphatic heterocycles. The Balaban J connectivity index is 1.87. The fraction of sp³-hybridized carbons (Fsp3) is 0.625. The van der Waals surface area contributed by atoms with Crippen molar-refractivity contribution in [1.82, 2.24) is 5.32 Å². The van der Waals surface area contributed by atoms with Crippen LogP contribution in [0.25, 0.3) is 0 Å². The van der Waals surface area contributed by atoms with E-state index in [9.17, 15) is 0 Å². The number of aryl methyl sites for hydroxylation is 1. The van der Waals surface area contributed by atoms with Crippen LogP contribution in [0.4, 0.5) is 0 Å². The molecule has 1 aliphatic carbocycles. The first kappa shape index (κ1) is 12.6. The van der Waals surface area contributed by atoms with Crippen LogP contribution in [0.15, 0.2) is 24.3 Å². The average molecular weight is 231 g/mol. The van der Waals surface area contributed by atoms with Crippen LogP contribution in [0.3, 0.4) is 0 Å². The Labute approximate surface area is 106 Å².